The third-order valence-electron chi connectivity index (χ3n) is 4.12. The van der Waals surface area contributed by atoms with E-state index in [4.69, 9.17) is 0 Å². The van der Waals surface area contributed by atoms with Gasteiger partial charge in [-0.1, -0.05) is 34.1 Å². The van der Waals surface area contributed by atoms with E-state index in [0.717, 1.165) is 38.6 Å². The number of aryl methyl sites for hydroxylation is 1. The van der Waals surface area contributed by atoms with Crippen LogP contribution in [0.25, 0.3) is 0 Å². The van der Waals surface area contributed by atoms with Crippen molar-refractivity contribution in [2.45, 2.75) is 18.9 Å². The van der Waals surface area contributed by atoms with Gasteiger partial charge in [-0.2, -0.15) is 0 Å². The minimum absolute atomic E-state index is 0.120. The Morgan fingerprint density at radius 2 is 1.95 bits per heavy atom. The zero-order valence-corrected chi connectivity index (χ0v) is 13.7. The fourth-order valence-corrected chi connectivity index (χ4v) is 4.81. The summed E-state index contributed by atoms with van der Waals surface area (Å²) in [6.45, 7) is 0. The molecule has 4 heteroatoms. The first kappa shape index (κ1) is 12.6. The van der Waals surface area contributed by atoms with Gasteiger partial charge in [0.25, 0.3) is 5.91 Å². The molecule has 2 aliphatic rings. The van der Waals surface area contributed by atoms with Gasteiger partial charge < -0.3 is 0 Å². The highest BCUT2D eigenvalue weighted by Crippen LogP contribution is 2.48. The van der Waals surface area contributed by atoms with Gasteiger partial charge in [0.15, 0.2) is 0 Å². The van der Waals surface area contributed by atoms with E-state index in [9.17, 15) is 4.79 Å². The summed E-state index contributed by atoms with van der Waals surface area (Å²) in [5.41, 5.74) is 4.27. The van der Waals surface area contributed by atoms with E-state index in [0.29, 0.717) is 0 Å². The predicted octanol–water partition coefficient (Wildman–Crippen LogP) is 4.86. The number of rotatable bonds is 0. The number of carbonyl (C=O) groups is 1. The summed E-state index contributed by atoms with van der Waals surface area (Å²) < 4.78 is 2.03. The van der Waals surface area contributed by atoms with Gasteiger partial charge in [-0.15, -0.1) is 0 Å². The van der Waals surface area contributed by atoms with Crippen LogP contribution in [-0.2, 0) is 6.42 Å². The fourth-order valence-electron chi connectivity index (χ4n) is 3.31. The Morgan fingerprint density at radius 3 is 2.80 bits per heavy atom. The normalized spacial score (nSPS) is 19.6. The Bertz CT molecular complexity index is 741. The third-order valence-corrected chi connectivity index (χ3v) is 5.18. The molecule has 0 saturated heterocycles. The minimum Gasteiger partial charge on any atom is -0.299 e. The summed E-state index contributed by atoms with van der Waals surface area (Å²) in [4.78, 5) is 14.7. The average molecular weight is 393 g/mol. The molecule has 2 heterocycles. The molecule has 20 heavy (non-hydrogen) atoms. The van der Waals surface area contributed by atoms with E-state index in [1.165, 1.54) is 5.56 Å². The van der Waals surface area contributed by atoms with Crippen LogP contribution in [0.1, 0.15) is 33.9 Å². The quantitative estimate of drug-likeness (QED) is 0.626. The van der Waals surface area contributed by atoms with Crippen LogP contribution in [0.15, 0.2) is 45.3 Å². The van der Waals surface area contributed by atoms with E-state index >= 15 is 0 Å². The number of carbonyl (C=O) groups excluding carboxylic acids is 1. The first-order valence-electron chi connectivity index (χ1n) is 6.57. The van der Waals surface area contributed by atoms with Crippen LogP contribution in [0.5, 0.6) is 0 Å². The summed E-state index contributed by atoms with van der Waals surface area (Å²) in [5, 5.41) is 0. The second kappa shape index (κ2) is 4.43. The maximum atomic E-state index is 12.7. The average Bonchev–Trinajstić information content (AvgIpc) is 2.72. The molecule has 0 radical (unpaired) electrons. The molecule has 100 valence electrons. The monoisotopic (exact) mass is 391 g/mol. The number of fused-ring (bicyclic) bond motifs is 5. The number of halogens is 2. The molecule has 1 amide bonds. The molecule has 1 unspecified atom stereocenters. The highest BCUT2D eigenvalue weighted by Gasteiger charge is 2.41. The highest BCUT2D eigenvalue weighted by atomic mass is 79.9. The van der Waals surface area contributed by atoms with Crippen molar-refractivity contribution < 1.29 is 4.79 Å². The number of anilines is 1. The Kier molecular flexibility index (Phi) is 2.79. The lowest BCUT2D eigenvalue weighted by Crippen LogP contribution is -2.32. The van der Waals surface area contributed by atoms with Crippen LogP contribution >= 0.6 is 31.9 Å². The van der Waals surface area contributed by atoms with Gasteiger partial charge in [0.05, 0.1) is 11.7 Å². The van der Waals surface area contributed by atoms with Gasteiger partial charge in [0.1, 0.15) is 0 Å². The molecule has 0 aromatic heterocycles. The summed E-state index contributed by atoms with van der Waals surface area (Å²) in [5.74, 6) is 0.120. The summed E-state index contributed by atoms with van der Waals surface area (Å²) in [6.07, 6.45) is 1.98. The maximum Gasteiger partial charge on any atom is 0.259 e. The van der Waals surface area contributed by atoms with Crippen molar-refractivity contribution >= 4 is 43.5 Å². The van der Waals surface area contributed by atoms with Crippen molar-refractivity contribution in [1.29, 1.82) is 0 Å². The van der Waals surface area contributed by atoms with Gasteiger partial charge in [-0.05, 0) is 58.1 Å². The molecule has 0 aliphatic carbocycles. The Labute approximate surface area is 134 Å². The Hall–Kier alpha value is -1.13. The number of nitrogens with zero attached hydrogens (tertiary/aromatic N) is 1. The Balaban J connectivity index is 1.94. The van der Waals surface area contributed by atoms with Gasteiger partial charge in [0.2, 0.25) is 0 Å². The lowest BCUT2D eigenvalue weighted by molar-refractivity contribution is 0.0988. The van der Waals surface area contributed by atoms with Crippen LogP contribution in [-0.4, -0.2) is 5.91 Å². The molecule has 4 rings (SSSR count). The van der Waals surface area contributed by atoms with Crippen molar-refractivity contribution in [3.8, 4) is 0 Å². The molecule has 2 aliphatic heterocycles. The summed E-state index contributed by atoms with van der Waals surface area (Å²) in [6, 6.07) is 12.3. The number of benzene rings is 2. The zero-order valence-electron chi connectivity index (χ0n) is 10.6. The van der Waals surface area contributed by atoms with Gasteiger partial charge in [0, 0.05) is 14.5 Å². The van der Waals surface area contributed by atoms with E-state index < -0.39 is 0 Å². The van der Waals surface area contributed by atoms with Crippen molar-refractivity contribution in [3.05, 3.63) is 62.0 Å². The van der Waals surface area contributed by atoms with Crippen molar-refractivity contribution in [2.24, 2.45) is 0 Å². The van der Waals surface area contributed by atoms with Gasteiger partial charge in [-0.3, -0.25) is 9.69 Å². The Morgan fingerprint density at radius 1 is 1.15 bits per heavy atom. The molecular formula is C16H11Br2NO. The van der Waals surface area contributed by atoms with Crippen LogP contribution in [0.4, 0.5) is 5.69 Å². The smallest absolute Gasteiger partial charge is 0.259 e. The largest absolute Gasteiger partial charge is 0.299 e. The molecule has 0 spiro atoms. The van der Waals surface area contributed by atoms with Crippen LogP contribution < -0.4 is 4.90 Å². The molecule has 0 fully saturated rings. The number of amides is 1. The van der Waals surface area contributed by atoms with E-state index in [1.54, 1.807) is 0 Å². The second-order valence-corrected chi connectivity index (χ2v) is 6.98. The lowest BCUT2D eigenvalue weighted by atomic mass is 9.93. The topological polar surface area (TPSA) is 20.3 Å². The molecule has 0 bridgehead atoms. The molecule has 2 aromatic carbocycles. The maximum absolute atomic E-state index is 12.7. The SMILES string of the molecule is O=C1c2ccccc2C2CCc3cc(Br)cc(Br)c3N12. The predicted molar refractivity (Wildman–Crippen MR) is 86.2 cm³/mol. The first-order chi connectivity index (χ1) is 9.66. The van der Waals surface area contributed by atoms with E-state index in [-0.39, 0.29) is 11.9 Å². The molecule has 2 nitrogen and oxygen atoms in total. The molecular weight excluding hydrogens is 382 g/mol. The third kappa shape index (κ3) is 1.64. The van der Waals surface area contributed by atoms with Crippen molar-refractivity contribution in [2.75, 3.05) is 4.90 Å². The molecule has 2 aromatic rings. The van der Waals surface area contributed by atoms with E-state index in [1.807, 2.05) is 29.2 Å². The summed E-state index contributed by atoms with van der Waals surface area (Å²) in [7, 11) is 0. The molecule has 1 atom stereocenters. The van der Waals surface area contributed by atoms with E-state index in [2.05, 4.69) is 44.0 Å². The van der Waals surface area contributed by atoms with Crippen LogP contribution in [0.3, 0.4) is 0 Å². The lowest BCUT2D eigenvalue weighted by Gasteiger charge is -2.33. The zero-order chi connectivity index (χ0) is 13.9. The van der Waals surface area contributed by atoms with Gasteiger partial charge in [-0.25, -0.2) is 0 Å². The molecule has 0 saturated carbocycles. The fraction of sp³-hybridized carbons (Fsp3) is 0.188. The van der Waals surface area contributed by atoms with Crippen molar-refractivity contribution in [3.63, 3.8) is 0 Å². The van der Waals surface area contributed by atoms with Gasteiger partial charge >= 0.3 is 0 Å². The number of hydrogen-bond donors (Lipinski definition) is 0. The highest BCUT2D eigenvalue weighted by molar-refractivity contribution is 9.11. The second-order valence-electron chi connectivity index (χ2n) is 5.21. The van der Waals surface area contributed by atoms with Crippen molar-refractivity contribution in [1.82, 2.24) is 0 Å². The molecule has 0 N–H and O–H groups in total. The van der Waals surface area contributed by atoms with Crippen LogP contribution in [0, 0.1) is 0 Å². The van der Waals surface area contributed by atoms with Crippen LogP contribution in [0.2, 0.25) is 0 Å². The minimum atomic E-state index is 0.120. The first-order valence-corrected chi connectivity index (χ1v) is 8.16. The summed E-state index contributed by atoms with van der Waals surface area (Å²) >= 11 is 7.14. The number of hydrogen-bond acceptors (Lipinski definition) is 1. The standard InChI is InChI=1S/C16H11Br2NO/c17-10-7-9-5-6-14-11-3-1-2-4-12(11)16(20)19(14)15(9)13(18)8-10/h1-4,7-8,14H,5-6H2.